The molecule has 27 heavy (non-hydrogen) atoms. The van der Waals surface area contributed by atoms with Gasteiger partial charge in [0.1, 0.15) is 5.75 Å². The Bertz CT molecular complexity index is 1040. The van der Waals surface area contributed by atoms with Crippen LogP contribution in [0.25, 0.3) is 11.1 Å². The normalized spacial score (nSPS) is 11.4. The number of carbonyl (C=O) groups is 2. The van der Waals surface area contributed by atoms with Crippen LogP contribution in [0.4, 0.5) is 0 Å². The molecule has 0 unspecified atom stereocenters. The van der Waals surface area contributed by atoms with E-state index in [-0.39, 0.29) is 12.4 Å². The molecule has 1 aliphatic carbocycles. The summed E-state index contributed by atoms with van der Waals surface area (Å²) in [6.45, 7) is -0.295. The highest BCUT2D eigenvalue weighted by atomic mass is 16.5. The van der Waals surface area contributed by atoms with Crippen molar-refractivity contribution in [2.45, 2.75) is 6.42 Å². The topological polar surface area (TPSA) is 52.6 Å². The molecule has 0 N–H and O–H groups in total. The first-order valence-electron chi connectivity index (χ1n) is 8.71. The van der Waals surface area contributed by atoms with E-state index in [0.717, 1.165) is 17.5 Å². The zero-order valence-corrected chi connectivity index (χ0v) is 14.9. The molecule has 4 heteroatoms. The number of hydrogen-bond donors (Lipinski definition) is 0. The van der Waals surface area contributed by atoms with Crippen molar-refractivity contribution < 1.29 is 19.1 Å². The fourth-order valence-electron chi connectivity index (χ4n) is 3.34. The van der Waals surface area contributed by atoms with Crippen LogP contribution in [0, 0.1) is 0 Å². The molecule has 0 amide bonds. The van der Waals surface area contributed by atoms with E-state index in [2.05, 4.69) is 12.1 Å². The van der Waals surface area contributed by atoms with Crippen LogP contribution in [0.15, 0.2) is 66.7 Å². The van der Waals surface area contributed by atoms with Crippen LogP contribution in [-0.4, -0.2) is 25.5 Å². The molecule has 3 aromatic carbocycles. The van der Waals surface area contributed by atoms with Crippen LogP contribution >= 0.6 is 0 Å². The molecule has 0 aliphatic heterocycles. The van der Waals surface area contributed by atoms with Crippen LogP contribution < -0.4 is 4.74 Å². The third-order valence-electron chi connectivity index (χ3n) is 4.76. The Morgan fingerprint density at radius 2 is 1.67 bits per heavy atom. The van der Waals surface area contributed by atoms with Gasteiger partial charge in [0.15, 0.2) is 12.4 Å². The first kappa shape index (κ1) is 17.0. The van der Waals surface area contributed by atoms with Gasteiger partial charge < -0.3 is 9.47 Å². The van der Waals surface area contributed by atoms with Crippen molar-refractivity contribution in [2.24, 2.45) is 0 Å². The highest BCUT2D eigenvalue weighted by Gasteiger charge is 2.20. The van der Waals surface area contributed by atoms with Gasteiger partial charge in [0.2, 0.25) is 0 Å². The maximum Gasteiger partial charge on any atom is 0.338 e. The Hall–Kier alpha value is -3.40. The van der Waals surface area contributed by atoms with E-state index in [0.29, 0.717) is 16.9 Å². The lowest BCUT2D eigenvalue weighted by Gasteiger charge is -2.07. The summed E-state index contributed by atoms with van der Waals surface area (Å²) in [7, 11) is 1.53. The van der Waals surface area contributed by atoms with E-state index in [1.54, 1.807) is 30.3 Å². The summed E-state index contributed by atoms with van der Waals surface area (Å²) < 4.78 is 10.3. The highest BCUT2D eigenvalue weighted by Crippen LogP contribution is 2.36. The van der Waals surface area contributed by atoms with Crippen molar-refractivity contribution in [1.29, 1.82) is 0 Å². The summed E-state index contributed by atoms with van der Waals surface area (Å²) in [5.74, 6) is -0.208. The number of ketones is 1. The number of rotatable bonds is 5. The van der Waals surface area contributed by atoms with E-state index in [4.69, 9.17) is 9.47 Å². The largest absolute Gasteiger partial charge is 0.497 e. The second-order valence-electron chi connectivity index (χ2n) is 6.44. The number of hydrogen-bond acceptors (Lipinski definition) is 4. The number of carbonyl (C=O) groups excluding carboxylic acids is 2. The van der Waals surface area contributed by atoms with E-state index in [1.807, 2.05) is 24.3 Å². The van der Waals surface area contributed by atoms with Crippen LogP contribution in [0.1, 0.15) is 31.8 Å². The molecule has 0 saturated heterocycles. The van der Waals surface area contributed by atoms with Crippen LogP contribution in [0.3, 0.4) is 0 Å². The van der Waals surface area contributed by atoms with E-state index in [1.165, 1.54) is 18.2 Å². The fraction of sp³-hybridized carbons (Fsp3) is 0.130. The van der Waals surface area contributed by atoms with Crippen molar-refractivity contribution in [3.05, 3.63) is 89.0 Å². The molecule has 0 fully saturated rings. The number of benzene rings is 3. The smallest absolute Gasteiger partial charge is 0.338 e. The molecule has 4 rings (SSSR count). The van der Waals surface area contributed by atoms with Crippen molar-refractivity contribution in [3.63, 3.8) is 0 Å². The third kappa shape index (κ3) is 3.34. The van der Waals surface area contributed by atoms with Gasteiger partial charge in [-0.05, 0) is 52.9 Å². The molecule has 0 radical (unpaired) electrons. The van der Waals surface area contributed by atoms with Gasteiger partial charge in [0.25, 0.3) is 0 Å². The van der Waals surface area contributed by atoms with Gasteiger partial charge in [-0.25, -0.2) is 4.79 Å². The first-order chi connectivity index (χ1) is 13.2. The average molecular weight is 358 g/mol. The second kappa shape index (κ2) is 7.08. The predicted molar refractivity (Wildman–Crippen MR) is 102 cm³/mol. The first-order valence-corrected chi connectivity index (χ1v) is 8.71. The minimum Gasteiger partial charge on any atom is -0.497 e. The van der Waals surface area contributed by atoms with Crippen molar-refractivity contribution in [3.8, 4) is 16.9 Å². The predicted octanol–water partition coefficient (Wildman–Crippen LogP) is 4.31. The molecular formula is C23H18O4. The molecule has 134 valence electrons. The zero-order chi connectivity index (χ0) is 18.8. The fourth-order valence-corrected chi connectivity index (χ4v) is 3.34. The second-order valence-corrected chi connectivity index (χ2v) is 6.44. The van der Waals surface area contributed by atoms with E-state index in [9.17, 15) is 9.59 Å². The maximum atomic E-state index is 12.5. The average Bonchev–Trinajstić information content (AvgIpc) is 3.09. The number of esters is 1. The summed E-state index contributed by atoms with van der Waals surface area (Å²) in [5, 5.41) is 0. The molecule has 0 aromatic heterocycles. The lowest BCUT2D eigenvalue weighted by atomic mass is 10.0. The number of ether oxygens (including phenoxy) is 2. The van der Waals surface area contributed by atoms with Crippen LogP contribution in [0.5, 0.6) is 5.75 Å². The molecule has 0 atom stereocenters. The van der Waals surface area contributed by atoms with Crippen molar-refractivity contribution >= 4 is 11.8 Å². The Balaban J connectivity index is 1.48. The molecular weight excluding hydrogens is 340 g/mol. The van der Waals surface area contributed by atoms with Gasteiger partial charge in [-0.15, -0.1) is 0 Å². The van der Waals surface area contributed by atoms with Gasteiger partial charge in [0.05, 0.1) is 12.7 Å². The van der Waals surface area contributed by atoms with Gasteiger partial charge in [-0.1, -0.05) is 42.5 Å². The number of fused-ring (bicyclic) bond motifs is 3. The minimum absolute atomic E-state index is 0.224. The summed E-state index contributed by atoms with van der Waals surface area (Å²) in [6, 6.07) is 20.5. The van der Waals surface area contributed by atoms with Gasteiger partial charge in [-0.2, -0.15) is 0 Å². The lowest BCUT2D eigenvalue weighted by molar-refractivity contribution is 0.0474. The summed E-state index contributed by atoms with van der Waals surface area (Å²) in [5.41, 5.74) is 5.61. The summed E-state index contributed by atoms with van der Waals surface area (Å²) >= 11 is 0. The minimum atomic E-state index is -0.547. The Morgan fingerprint density at radius 1 is 0.852 bits per heavy atom. The van der Waals surface area contributed by atoms with Gasteiger partial charge in [-0.3, -0.25) is 4.79 Å². The molecule has 3 aromatic rings. The SMILES string of the molecule is COc1cccc(C(=O)OCC(=O)c2ccc3c(c2)-c2ccccc2C3)c1. The quantitative estimate of drug-likeness (QED) is 0.394. The number of Topliss-reactive ketones (excluding diaryl/α,β-unsaturated/α-hetero) is 1. The summed E-state index contributed by atoms with van der Waals surface area (Å²) in [4.78, 5) is 24.7. The Labute approximate surface area is 157 Å². The van der Waals surface area contributed by atoms with E-state index < -0.39 is 5.97 Å². The molecule has 0 heterocycles. The lowest BCUT2D eigenvalue weighted by Crippen LogP contribution is -2.14. The van der Waals surface area contributed by atoms with Crippen molar-refractivity contribution in [1.82, 2.24) is 0 Å². The third-order valence-corrected chi connectivity index (χ3v) is 4.76. The molecule has 0 bridgehead atoms. The molecule has 4 nitrogen and oxygen atoms in total. The molecule has 1 aliphatic rings. The highest BCUT2D eigenvalue weighted by molar-refractivity contribution is 6.00. The molecule has 0 saturated carbocycles. The zero-order valence-electron chi connectivity index (χ0n) is 14.9. The van der Waals surface area contributed by atoms with Crippen LogP contribution in [-0.2, 0) is 11.2 Å². The molecule has 0 spiro atoms. The monoisotopic (exact) mass is 358 g/mol. The van der Waals surface area contributed by atoms with Gasteiger partial charge >= 0.3 is 5.97 Å². The number of methoxy groups -OCH3 is 1. The standard InChI is InChI=1S/C23H18O4/c1-26-19-7-4-6-18(12-19)23(25)27-14-22(24)17-10-9-16-11-15-5-2-3-8-20(15)21(16)13-17/h2-10,12-13H,11,14H2,1H3. The van der Waals surface area contributed by atoms with Crippen molar-refractivity contribution in [2.75, 3.05) is 13.7 Å². The Morgan fingerprint density at radius 3 is 2.52 bits per heavy atom. The maximum absolute atomic E-state index is 12.5. The van der Waals surface area contributed by atoms with Gasteiger partial charge in [0, 0.05) is 5.56 Å². The Kier molecular flexibility index (Phi) is 4.47. The van der Waals surface area contributed by atoms with Crippen LogP contribution in [0.2, 0.25) is 0 Å². The van der Waals surface area contributed by atoms with E-state index >= 15 is 0 Å². The summed E-state index contributed by atoms with van der Waals surface area (Å²) in [6.07, 6.45) is 0.880.